The van der Waals surface area contributed by atoms with Crippen LogP contribution in [0.2, 0.25) is 0 Å². The molecule has 3 heteroatoms. The van der Waals surface area contributed by atoms with Crippen molar-refractivity contribution >= 4 is 5.97 Å². The number of aromatic nitrogens is 1. The van der Waals surface area contributed by atoms with Crippen LogP contribution in [0.1, 0.15) is 36.6 Å². The summed E-state index contributed by atoms with van der Waals surface area (Å²) in [6.07, 6.45) is 3.70. The standard InChI is InChI=1S/C11H13NO2/c13-11(14)7-9-5-2-6-10(12-9)8-3-1-4-8/h2,5-6,8H,1,3-4,7H2,(H,13,14). The SMILES string of the molecule is O=C(O)Cc1cccc(C2CCC2)n1. The Morgan fingerprint density at radius 2 is 2.29 bits per heavy atom. The van der Waals surface area contributed by atoms with E-state index < -0.39 is 5.97 Å². The highest BCUT2D eigenvalue weighted by atomic mass is 16.4. The Hall–Kier alpha value is -1.38. The predicted molar refractivity (Wildman–Crippen MR) is 52.2 cm³/mol. The molecule has 0 bridgehead atoms. The van der Waals surface area contributed by atoms with Crippen molar-refractivity contribution in [3.63, 3.8) is 0 Å². The number of pyridine rings is 1. The molecule has 14 heavy (non-hydrogen) atoms. The molecule has 0 saturated heterocycles. The highest BCUT2D eigenvalue weighted by molar-refractivity contribution is 5.69. The molecule has 3 nitrogen and oxygen atoms in total. The molecule has 2 rings (SSSR count). The largest absolute Gasteiger partial charge is 0.481 e. The maximum absolute atomic E-state index is 10.5. The summed E-state index contributed by atoms with van der Waals surface area (Å²) in [5.41, 5.74) is 1.73. The molecule has 1 fully saturated rings. The smallest absolute Gasteiger partial charge is 0.309 e. The summed E-state index contributed by atoms with van der Waals surface area (Å²) < 4.78 is 0. The quantitative estimate of drug-likeness (QED) is 0.794. The number of rotatable bonds is 3. The third kappa shape index (κ3) is 1.92. The van der Waals surface area contributed by atoms with Crippen LogP contribution in [0.5, 0.6) is 0 Å². The van der Waals surface area contributed by atoms with Gasteiger partial charge in [-0.15, -0.1) is 0 Å². The molecule has 0 spiro atoms. The first-order valence-electron chi connectivity index (χ1n) is 4.93. The molecule has 0 unspecified atom stereocenters. The van der Waals surface area contributed by atoms with Gasteiger partial charge in [0.25, 0.3) is 0 Å². The summed E-state index contributed by atoms with van der Waals surface area (Å²) in [5, 5.41) is 8.63. The fourth-order valence-corrected chi connectivity index (χ4v) is 1.68. The Labute approximate surface area is 82.8 Å². The number of carbonyl (C=O) groups is 1. The van der Waals surface area contributed by atoms with Gasteiger partial charge in [-0.25, -0.2) is 0 Å². The lowest BCUT2D eigenvalue weighted by Gasteiger charge is -2.24. The van der Waals surface area contributed by atoms with Gasteiger partial charge in [-0.2, -0.15) is 0 Å². The summed E-state index contributed by atoms with van der Waals surface area (Å²) >= 11 is 0. The zero-order valence-electron chi connectivity index (χ0n) is 7.94. The number of aliphatic carboxylic acids is 1. The van der Waals surface area contributed by atoms with E-state index in [2.05, 4.69) is 4.98 Å². The topological polar surface area (TPSA) is 50.2 Å². The van der Waals surface area contributed by atoms with Crippen molar-refractivity contribution in [3.8, 4) is 0 Å². The maximum atomic E-state index is 10.5. The van der Waals surface area contributed by atoms with Crippen LogP contribution in [0.3, 0.4) is 0 Å². The van der Waals surface area contributed by atoms with Gasteiger partial charge in [0.1, 0.15) is 0 Å². The first-order chi connectivity index (χ1) is 6.75. The normalized spacial score (nSPS) is 16.3. The first-order valence-corrected chi connectivity index (χ1v) is 4.93. The Morgan fingerprint density at radius 1 is 1.50 bits per heavy atom. The van der Waals surface area contributed by atoms with Crippen molar-refractivity contribution in [2.75, 3.05) is 0 Å². The van der Waals surface area contributed by atoms with Crippen LogP contribution >= 0.6 is 0 Å². The fraction of sp³-hybridized carbons (Fsp3) is 0.455. The third-order valence-electron chi connectivity index (χ3n) is 2.68. The van der Waals surface area contributed by atoms with Crippen molar-refractivity contribution < 1.29 is 9.90 Å². The molecular weight excluding hydrogens is 178 g/mol. The minimum Gasteiger partial charge on any atom is -0.481 e. The van der Waals surface area contributed by atoms with Crippen LogP contribution in [-0.4, -0.2) is 16.1 Å². The monoisotopic (exact) mass is 191 g/mol. The molecule has 74 valence electrons. The van der Waals surface area contributed by atoms with Crippen molar-refractivity contribution in [2.24, 2.45) is 0 Å². The molecule has 0 atom stereocenters. The van der Waals surface area contributed by atoms with Crippen LogP contribution in [0.25, 0.3) is 0 Å². The zero-order chi connectivity index (χ0) is 9.97. The molecule has 1 aromatic heterocycles. The summed E-state index contributed by atoms with van der Waals surface area (Å²) in [7, 11) is 0. The van der Waals surface area contributed by atoms with Crippen LogP contribution in [0.4, 0.5) is 0 Å². The summed E-state index contributed by atoms with van der Waals surface area (Å²) in [6, 6.07) is 5.67. The highest BCUT2D eigenvalue weighted by Crippen LogP contribution is 2.35. The molecule has 0 aromatic carbocycles. The molecule has 1 aliphatic rings. The van der Waals surface area contributed by atoms with E-state index in [0.29, 0.717) is 11.6 Å². The minimum atomic E-state index is -0.816. The van der Waals surface area contributed by atoms with E-state index >= 15 is 0 Å². The molecule has 1 aliphatic carbocycles. The van der Waals surface area contributed by atoms with E-state index in [-0.39, 0.29) is 6.42 Å². The maximum Gasteiger partial charge on any atom is 0.309 e. The Kier molecular flexibility index (Phi) is 2.48. The highest BCUT2D eigenvalue weighted by Gasteiger charge is 2.20. The molecule has 1 aromatic rings. The molecule has 1 saturated carbocycles. The van der Waals surface area contributed by atoms with E-state index in [1.165, 1.54) is 19.3 Å². The predicted octanol–water partition coefficient (Wildman–Crippen LogP) is 1.98. The van der Waals surface area contributed by atoms with Gasteiger partial charge in [0.05, 0.1) is 12.1 Å². The third-order valence-corrected chi connectivity index (χ3v) is 2.68. The molecule has 0 amide bonds. The van der Waals surface area contributed by atoms with Crippen LogP contribution in [-0.2, 0) is 11.2 Å². The molecule has 0 radical (unpaired) electrons. The minimum absolute atomic E-state index is 0.0283. The van der Waals surface area contributed by atoms with Gasteiger partial charge in [-0.1, -0.05) is 12.5 Å². The van der Waals surface area contributed by atoms with Crippen LogP contribution in [0.15, 0.2) is 18.2 Å². The summed E-state index contributed by atoms with van der Waals surface area (Å²) in [4.78, 5) is 14.8. The number of carboxylic acids is 1. The van der Waals surface area contributed by atoms with Crippen LogP contribution in [0, 0.1) is 0 Å². The number of nitrogens with zero attached hydrogens (tertiary/aromatic N) is 1. The fourth-order valence-electron chi connectivity index (χ4n) is 1.68. The lowest BCUT2D eigenvalue weighted by atomic mass is 9.82. The molecular formula is C11H13NO2. The van der Waals surface area contributed by atoms with Crippen molar-refractivity contribution in [1.29, 1.82) is 0 Å². The average Bonchev–Trinajstić information content (AvgIpc) is 1.99. The lowest BCUT2D eigenvalue weighted by Crippen LogP contribution is -2.12. The Bertz CT molecular complexity index is 345. The second kappa shape index (κ2) is 3.78. The van der Waals surface area contributed by atoms with E-state index in [1.807, 2.05) is 12.1 Å². The van der Waals surface area contributed by atoms with E-state index in [0.717, 1.165) is 5.69 Å². The number of carboxylic acid groups (broad SMARTS) is 1. The van der Waals surface area contributed by atoms with Crippen molar-refractivity contribution in [2.45, 2.75) is 31.6 Å². The van der Waals surface area contributed by atoms with Gasteiger partial charge in [0, 0.05) is 11.6 Å². The molecule has 0 aliphatic heterocycles. The molecule has 1 N–H and O–H groups in total. The van der Waals surface area contributed by atoms with E-state index in [1.54, 1.807) is 6.07 Å². The van der Waals surface area contributed by atoms with Gasteiger partial charge in [-0.3, -0.25) is 9.78 Å². The van der Waals surface area contributed by atoms with Gasteiger partial charge < -0.3 is 5.11 Å². The van der Waals surface area contributed by atoms with Gasteiger partial charge in [-0.05, 0) is 25.0 Å². The van der Waals surface area contributed by atoms with E-state index in [4.69, 9.17) is 5.11 Å². The second-order valence-corrected chi connectivity index (χ2v) is 3.75. The first kappa shape index (κ1) is 9.19. The van der Waals surface area contributed by atoms with Crippen molar-refractivity contribution in [3.05, 3.63) is 29.6 Å². The van der Waals surface area contributed by atoms with Gasteiger partial charge in [0.15, 0.2) is 0 Å². The molecule has 1 heterocycles. The van der Waals surface area contributed by atoms with Crippen molar-refractivity contribution in [1.82, 2.24) is 4.98 Å². The Balaban J connectivity index is 2.13. The second-order valence-electron chi connectivity index (χ2n) is 3.75. The summed E-state index contributed by atoms with van der Waals surface area (Å²) in [5.74, 6) is -0.244. The number of hydrogen-bond acceptors (Lipinski definition) is 2. The zero-order valence-corrected chi connectivity index (χ0v) is 7.94. The average molecular weight is 191 g/mol. The van der Waals surface area contributed by atoms with Gasteiger partial charge in [0.2, 0.25) is 0 Å². The lowest BCUT2D eigenvalue weighted by molar-refractivity contribution is -0.136. The van der Waals surface area contributed by atoms with Crippen LogP contribution < -0.4 is 0 Å². The Morgan fingerprint density at radius 3 is 2.86 bits per heavy atom. The van der Waals surface area contributed by atoms with E-state index in [9.17, 15) is 4.79 Å². The number of hydrogen-bond donors (Lipinski definition) is 1. The van der Waals surface area contributed by atoms with Gasteiger partial charge >= 0.3 is 5.97 Å². The summed E-state index contributed by atoms with van der Waals surface area (Å²) in [6.45, 7) is 0.